The van der Waals surface area contributed by atoms with E-state index in [1.165, 1.54) is 0 Å². The fourth-order valence-electron chi connectivity index (χ4n) is 3.03. The molecule has 1 saturated heterocycles. The highest BCUT2D eigenvalue weighted by molar-refractivity contribution is 5.94. The fraction of sp³-hybridized carbons (Fsp3) is 0.500. The van der Waals surface area contributed by atoms with E-state index in [0.717, 1.165) is 49.8 Å². The van der Waals surface area contributed by atoms with Crippen molar-refractivity contribution in [2.45, 2.75) is 39.0 Å². The van der Waals surface area contributed by atoms with Crippen LogP contribution in [-0.2, 0) is 6.42 Å². The molecule has 1 amide bonds. The molecule has 0 spiro atoms. The summed E-state index contributed by atoms with van der Waals surface area (Å²) in [6.45, 7) is 6.12. The van der Waals surface area contributed by atoms with Gasteiger partial charge in [-0.15, -0.1) is 0 Å². The molecule has 0 atom stereocenters. The Morgan fingerprint density at radius 2 is 1.96 bits per heavy atom. The summed E-state index contributed by atoms with van der Waals surface area (Å²) in [5.41, 5.74) is 0.711. The van der Waals surface area contributed by atoms with E-state index in [1.807, 2.05) is 36.1 Å². The third kappa shape index (κ3) is 3.58. The Hall–Kier alpha value is -2.37. The fourth-order valence-corrected chi connectivity index (χ4v) is 3.03. The van der Waals surface area contributed by atoms with E-state index in [2.05, 4.69) is 22.1 Å². The van der Waals surface area contributed by atoms with Gasteiger partial charge in [0.25, 0.3) is 5.91 Å². The minimum Gasteiger partial charge on any atom is -0.494 e. The lowest BCUT2D eigenvalue weighted by Gasteiger charge is -2.30. The van der Waals surface area contributed by atoms with Crippen LogP contribution >= 0.6 is 0 Å². The molecule has 2 heterocycles. The topological polar surface area (TPSA) is 71.1 Å². The van der Waals surface area contributed by atoms with Crippen molar-refractivity contribution in [3.05, 3.63) is 41.5 Å². The molecule has 6 nitrogen and oxygen atoms in total. The second-order valence-corrected chi connectivity index (χ2v) is 6.02. The van der Waals surface area contributed by atoms with Crippen LogP contribution in [0.2, 0.25) is 0 Å². The molecule has 0 unspecified atom stereocenters. The first-order chi connectivity index (χ1) is 11.7. The average molecular weight is 328 g/mol. The Morgan fingerprint density at radius 1 is 1.25 bits per heavy atom. The number of carbonyl (C=O) groups is 1. The van der Waals surface area contributed by atoms with E-state index >= 15 is 0 Å². The SMILES string of the molecule is CCOc1ccc(C(=O)N2CCC(c3n[nH]c(CC)n3)CC2)cc1. The van der Waals surface area contributed by atoms with Crippen LogP contribution in [0.25, 0.3) is 0 Å². The first kappa shape index (κ1) is 16.5. The van der Waals surface area contributed by atoms with Gasteiger partial charge in [-0.25, -0.2) is 4.98 Å². The van der Waals surface area contributed by atoms with Crippen LogP contribution in [0.5, 0.6) is 5.75 Å². The summed E-state index contributed by atoms with van der Waals surface area (Å²) >= 11 is 0. The smallest absolute Gasteiger partial charge is 0.253 e. The van der Waals surface area contributed by atoms with Crippen molar-refractivity contribution in [2.75, 3.05) is 19.7 Å². The van der Waals surface area contributed by atoms with Gasteiger partial charge in [-0.2, -0.15) is 5.10 Å². The molecule has 0 aliphatic carbocycles. The maximum absolute atomic E-state index is 12.6. The van der Waals surface area contributed by atoms with Gasteiger partial charge in [0.1, 0.15) is 11.6 Å². The Bertz CT molecular complexity index is 673. The number of hydrogen-bond acceptors (Lipinski definition) is 4. The van der Waals surface area contributed by atoms with Crippen LogP contribution in [0, 0.1) is 0 Å². The second-order valence-electron chi connectivity index (χ2n) is 6.02. The molecule has 24 heavy (non-hydrogen) atoms. The summed E-state index contributed by atoms with van der Waals surface area (Å²) in [5, 5.41) is 7.29. The number of likely N-dealkylation sites (tertiary alicyclic amines) is 1. The van der Waals surface area contributed by atoms with Crippen molar-refractivity contribution in [2.24, 2.45) is 0 Å². The largest absolute Gasteiger partial charge is 0.494 e. The molecule has 6 heteroatoms. The molecule has 1 N–H and O–H groups in total. The number of aromatic amines is 1. The van der Waals surface area contributed by atoms with E-state index in [4.69, 9.17) is 4.74 Å². The van der Waals surface area contributed by atoms with Gasteiger partial charge in [-0.05, 0) is 44.0 Å². The van der Waals surface area contributed by atoms with E-state index in [-0.39, 0.29) is 5.91 Å². The summed E-state index contributed by atoms with van der Waals surface area (Å²) in [5.74, 6) is 3.04. The monoisotopic (exact) mass is 328 g/mol. The van der Waals surface area contributed by atoms with E-state index in [9.17, 15) is 4.79 Å². The van der Waals surface area contributed by atoms with Crippen molar-refractivity contribution in [1.82, 2.24) is 20.1 Å². The lowest BCUT2D eigenvalue weighted by molar-refractivity contribution is 0.0711. The van der Waals surface area contributed by atoms with E-state index in [1.54, 1.807) is 0 Å². The molecule has 0 bridgehead atoms. The Balaban J connectivity index is 1.58. The van der Waals surface area contributed by atoms with Crippen LogP contribution in [0.15, 0.2) is 24.3 Å². The lowest BCUT2D eigenvalue weighted by Crippen LogP contribution is -2.38. The standard InChI is InChI=1S/C18H24N4O2/c1-3-16-19-17(21-20-16)13-9-11-22(12-10-13)18(23)14-5-7-15(8-6-14)24-4-2/h5-8,13H,3-4,9-12H2,1-2H3,(H,19,20,21). The highest BCUT2D eigenvalue weighted by Gasteiger charge is 2.26. The third-order valence-corrected chi connectivity index (χ3v) is 4.44. The molecule has 3 rings (SSSR count). The molecule has 1 aliphatic rings. The number of H-pyrrole nitrogens is 1. The van der Waals surface area contributed by atoms with Gasteiger partial charge < -0.3 is 9.64 Å². The normalized spacial score (nSPS) is 15.5. The second kappa shape index (κ2) is 7.47. The molecule has 1 fully saturated rings. The zero-order valence-corrected chi connectivity index (χ0v) is 14.3. The van der Waals surface area contributed by atoms with Gasteiger partial charge in [-0.1, -0.05) is 6.92 Å². The highest BCUT2D eigenvalue weighted by Crippen LogP contribution is 2.26. The number of ether oxygens (including phenoxy) is 1. The number of amides is 1. The Morgan fingerprint density at radius 3 is 2.54 bits per heavy atom. The Labute approximate surface area is 142 Å². The Kier molecular flexibility index (Phi) is 5.13. The van der Waals surface area contributed by atoms with Gasteiger partial charge in [0.05, 0.1) is 6.61 Å². The van der Waals surface area contributed by atoms with Crippen LogP contribution in [0.1, 0.15) is 54.6 Å². The maximum Gasteiger partial charge on any atom is 0.253 e. The summed E-state index contributed by atoms with van der Waals surface area (Å²) in [6, 6.07) is 7.37. The lowest BCUT2D eigenvalue weighted by atomic mass is 9.95. The summed E-state index contributed by atoms with van der Waals surface area (Å²) in [4.78, 5) is 19.1. The van der Waals surface area contributed by atoms with E-state index in [0.29, 0.717) is 18.1 Å². The molecular formula is C18H24N4O2. The van der Waals surface area contributed by atoms with Crippen LogP contribution in [0.3, 0.4) is 0 Å². The molecule has 0 saturated carbocycles. The zero-order valence-electron chi connectivity index (χ0n) is 14.3. The van der Waals surface area contributed by atoms with Crippen LogP contribution in [-0.4, -0.2) is 45.7 Å². The molecule has 2 aromatic rings. The minimum absolute atomic E-state index is 0.0840. The molecule has 1 aromatic heterocycles. The quantitative estimate of drug-likeness (QED) is 0.916. The number of nitrogens with zero attached hydrogens (tertiary/aromatic N) is 3. The number of piperidine rings is 1. The van der Waals surface area contributed by atoms with E-state index < -0.39 is 0 Å². The summed E-state index contributed by atoms with van der Waals surface area (Å²) < 4.78 is 5.42. The van der Waals surface area contributed by atoms with Gasteiger partial charge in [0.2, 0.25) is 0 Å². The number of benzene rings is 1. The van der Waals surface area contributed by atoms with Crippen molar-refractivity contribution in [3.8, 4) is 5.75 Å². The predicted octanol–water partition coefficient (Wildman–Crippen LogP) is 2.79. The number of aryl methyl sites for hydroxylation is 1. The summed E-state index contributed by atoms with van der Waals surface area (Å²) in [6.07, 6.45) is 2.68. The summed E-state index contributed by atoms with van der Waals surface area (Å²) in [7, 11) is 0. The molecule has 1 aromatic carbocycles. The van der Waals surface area contributed by atoms with Crippen molar-refractivity contribution >= 4 is 5.91 Å². The van der Waals surface area contributed by atoms with Gasteiger partial charge >= 0.3 is 0 Å². The number of hydrogen-bond donors (Lipinski definition) is 1. The van der Waals surface area contributed by atoms with Gasteiger partial charge in [0.15, 0.2) is 5.82 Å². The molecule has 128 valence electrons. The molecule has 0 radical (unpaired) electrons. The molecule has 1 aliphatic heterocycles. The van der Waals surface area contributed by atoms with Crippen LogP contribution in [0.4, 0.5) is 0 Å². The number of nitrogens with one attached hydrogen (secondary N) is 1. The van der Waals surface area contributed by atoms with Gasteiger partial charge in [0, 0.05) is 31.0 Å². The van der Waals surface area contributed by atoms with Gasteiger partial charge in [-0.3, -0.25) is 9.89 Å². The first-order valence-electron chi connectivity index (χ1n) is 8.64. The predicted molar refractivity (Wildman–Crippen MR) is 91.3 cm³/mol. The van der Waals surface area contributed by atoms with Crippen molar-refractivity contribution in [3.63, 3.8) is 0 Å². The first-order valence-corrected chi connectivity index (χ1v) is 8.64. The highest BCUT2D eigenvalue weighted by atomic mass is 16.5. The third-order valence-electron chi connectivity index (χ3n) is 4.44. The maximum atomic E-state index is 12.6. The van der Waals surface area contributed by atoms with Crippen LogP contribution < -0.4 is 4.74 Å². The molecular weight excluding hydrogens is 304 g/mol. The number of aromatic nitrogens is 3. The number of carbonyl (C=O) groups excluding carboxylic acids is 1. The zero-order chi connectivity index (χ0) is 16.9. The minimum atomic E-state index is 0.0840. The van der Waals surface area contributed by atoms with Crippen molar-refractivity contribution in [1.29, 1.82) is 0 Å². The van der Waals surface area contributed by atoms with Crippen molar-refractivity contribution < 1.29 is 9.53 Å². The average Bonchev–Trinajstić information content (AvgIpc) is 3.11. The number of rotatable bonds is 5.